The summed E-state index contributed by atoms with van der Waals surface area (Å²) in [6, 6.07) is 8.80. The van der Waals surface area contributed by atoms with E-state index >= 15 is 0 Å². The van der Waals surface area contributed by atoms with Gasteiger partial charge in [0.25, 0.3) is 0 Å². The third-order valence-electron chi connectivity index (χ3n) is 4.05. The molecular formula is C17H20N2OS2. The summed E-state index contributed by atoms with van der Waals surface area (Å²) in [6.45, 7) is 1.56. The fourth-order valence-corrected chi connectivity index (χ4v) is 4.92. The van der Waals surface area contributed by atoms with Crippen molar-refractivity contribution in [2.24, 2.45) is 0 Å². The van der Waals surface area contributed by atoms with Gasteiger partial charge in [0, 0.05) is 30.4 Å². The monoisotopic (exact) mass is 332 g/mol. The highest BCUT2D eigenvalue weighted by atomic mass is 32.2. The predicted molar refractivity (Wildman–Crippen MR) is 94.6 cm³/mol. The van der Waals surface area contributed by atoms with Crippen LogP contribution in [0.5, 0.6) is 0 Å². The van der Waals surface area contributed by atoms with Crippen molar-refractivity contribution < 1.29 is 4.79 Å². The molecule has 2 aromatic rings. The number of carbonyl (C=O) groups excluding carboxylic acids is 1. The molecule has 1 heterocycles. The van der Waals surface area contributed by atoms with Crippen molar-refractivity contribution >= 4 is 34.1 Å². The molecule has 1 aromatic carbocycles. The highest BCUT2D eigenvalue weighted by Crippen LogP contribution is 2.41. The normalized spacial score (nSPS) is 17.1. The predicted octanol–water partition coefficient (Wildman–Crippen LogP) is 4.44. The molecule has 0 N–H and O–H groups in total. The zero-order valence-electron chi connectivity index (χ0n) is 12.9. The van der Waals surface area contributed by atoms with Gasteiger partial charge in [0.15, 0.2) is 5.13 Å². The second-order valence-electron chi connectivity index (χ2n) is 5.59. The SMILES string of the molecule is CC(=O)N(C)c1nc(CS[C@@H]2CCCc3ccccc32)cs1. The van der Waals surface area contributed by atoms with Crippen molar-refractivity contribution in [2.45, 2.75) is 37.2 Å². The number of carbonyl (C=O) groups is 1. The van der Waals surface area contributed by atoms with Gasteiger partial charge in [-0.2, -0.15) is 0 Å². The molecule has 0 saturated heterocycles. The number of amides is 1. The highest BCUT2D eigenvalue weighted by Gasteiger charge is 2.20. The van der Waals surface area contributed by atoms with Crippen LogP contribution in [0.15, 0.2) is 29.6 Å². The Morgan fingerprint density at radius 3 is 3.09 bits per heavy atom. The van der Waals surface area contributed by atoms with Gasteiger partial charge in [0.1, 0.15) is 0 Å². The number of aromatic nitrogens is 1. The van der Waals surface area contributed by atoms with Crippen LogP contribution >= 0.6 is 23.1 Å². The van der Waals surface area contributed by atoms with Crippen LogP contribution in [0.4, 0.5) is 5.13 Å². The Labute approximate surface area is 139 Å². The van der Waals surface area contributed by atoms with Gasteiger partial charge in [-0.1, -0.05) is 24.3 Å². The van der Waals surface area contributed by atoms with Crippen LogP contribution in [0.1, 0.15) is 41.8 Å². The molecule has 3 rings (SSSR count). The van der Waals surface area contributed by atoms with E-state index in [-0.39, 0.29) is 5.91 Å². The lowest BCUT2D eigenvalue weighted by Gasteiger charge is -2.24. The van der Waals surface area contributed by atoms with E-state index in [4.69, 9.17) is 0 Å². The molecule has 0 saturated carbocycles. The first-order valence-corrected chi connectivity index (χ1v) is 9.46. The Balaban J connectivity index is 1.65. The first kappa shape index (κ1) is 15.6. The number of thioether (sulfide) groups is 1. The summed E-state index contributed by atoms with van der Waals surface area (Å²) in [5, 5.41) is 3.42. The summed E-state index contributed by atoms with van der Waals surface area (Å²) < 4.78 is 0. The van der Waals surface area contributed by atoms with Gasteiger partial charge < -0.3 is 0 Å². The zero-order valence-corrected chi connectivity index (χ0v) is 14.5. The fourth-order valence-electron chi connectivity index (χ4n) is 2.72. The maximum Gasteiger partial charge on any atom is 0.225 e. The van der Waals surface area contributed by atoms with Crippen molar-refractivity contribution in [1.82, 2.24) is 4.98 Å². The average molecular weight is 332 g/mol. The molecule has 1 amide bonds. The van der Waals surface area contributed by atoms with E-state index in [0.29, 0.717) is 5.25 Å². The van der Waals surface area contributed by atoms with Crippen molar-refractivity contribution in [2.75, 3.05) is 11.9 Å². The Kier molecular flexibility index (Phi) is 4.84. The molecule has 1 aliphatic carbocycles. The number of benzene rings is 1. The molecule has 0 fully saturated rings. The van der Waals surface area contributed by atoms with Crippen LogP contribution in [-0.4, -0.2) is 17.9 Å². The van der Waals surface area contributed by atoms with Crippen molar-refractivity contribution in [1.29, 1.82) is 0 Å². The second-order valence-corrected chi connectivity index (χ2v) is 7.62. The van der Waals surface area contributed by atoms with Gasteiger partial charge in [-0.05, 0) is 30.4 Å². The van der Waals surface area contributed by atoms with Crippen LogP contribution in [0, 0.1) is 0 Å². The Morgan fingerprint density at radius 1 is 1.45 bits per heavy atom. The number of fused-ring (bicyclic) bond motifs is 1. The zero-order chi connectivity index (χ0) is 15.5. The molecule has 0 unspecified atom stereocenters. The Morgan fingerprint density at radius 2 is 2.27 bits per heavy atom. The topological polar surface area (TPSA) is 33.2 Å². The van der Waals surface area contributed by atoms with E-state index in [0.717, 1.165) is 16.6 Å². The van der Waals surface area contributed by atoms with Crippen molar-refractivity contribution in [3.63, 3.8) is 0 Å². The van der Waals surface area contributed by atoms with E-state index in [1.54, 1.807) is 18.9 Å². The standard InChI is InChI=1S/C17H20N2OS2/c1-12(20)19(2)17-18-14(11-22-17)10-21-16-9-5-7-13-6-3-4-8-15(13)16/h3-4,6,8,11,16H,5,7,9-10H2,1-2H3/t16-/m1/s1. The second kappa shape index (κ2) is 6.84. The van der Waals surface area contributed by atoms with Crippen LogP contribution in [0.2, 0.25) is 0 Å². The number of anilines is 1. The summed E-state index contributed by atoms with van der Waals surface area (Å²) in [5.74, 6) is 0.927. The average Bonchev–Trinajstić information content (AvgIpc) is 3.01. The number of thiazole rings is 1. The maximum atomic E-state index is 11.4. The summed E-state index contributed by atoms with van der Waals surface area (Å²) in [6.07, 6.45) is 3.72. The first-order valence-electron chi connectivity index (χ1n) is 7.53. The minimum atomic E-state index is 0.0229. The first-order chi connectivity index (χ1) is 10.6. The molecule has 1 aromatic heterocycles. The van der Waals surface area contributed by atoms with Crippen molar-refractivity contribution in [3.05, 3.63) is 46.5 Å². The van der Waals surface area contributed by atoms with Crippen LogP contribution in [0.3, 0.4) is 0 Å². The fraction of sp³-hybridized carbons (Fsp3) is 0.412. The molecule has 116 valence electrons. The molecule has 5 heteroatoms. The lowest BCUT2D eigenvalue weighted by molar-refractivity contribution is -0.116. The van der Waals surface area contributed by atoms with Gasteiger partial charge in [-0.3, -0.25) is 9.69 Å². The van der Waals surface area contributed by atoms with Crippen LogP contribution in [-0.2, 0) is 17.0 Å². The Hall–Kier alpha value is -1.33. The third kappa shape index (κ3) is 3.36. The van der Waals surface area contributed by atoms with Gasteiger partial charge in [-0.25, -0.2) is 4.98 Å². The number of hydrogen-bond donors (Lipinski definition) is 0. The summed E-state index contributed by atoms with van der Waals surface area (Å²) >= 11 is 3.51. The number of rotatable bonds is 4. The molecule has 0 spiro atoms. The van der Waals surface area contributed by atoms with E-state index < -0.39 is 0 Å². The molecule has 3 nitrogen and oxygen atoms in total. The van der Waals surface area contributed by atoms with E-state index in [2.05, 4.69) is 34.6 Å². The van der Waals surface area contributed by atoms with Crippen LogP contribution in [0.25, 0.3) is 0 Å². The summed E-state index contributed by atoms with van der Waals surface area (Å²) in [7, 11) is 1.77. The molecule has 1 atom stereocenters. The third-order valence-corrected chi connectivity index (χ3v) is 6.37. The largest absolute Gasteiger partial charge is 0.292 e. The molecule has 1 aliphatic rings. The van der Waals surface area contributed by atoms with E-state index in [1.807, 2.05) is 11.8 Å². The smallest absolute Gasteiger partial charge is 0.225 e. The van der Waals surface area contributed by atoms with Crippen molar-refractivity contribution in [3.8, 4) is 0 Å². The van der Waals surface area contributed by atoms with Gasteiger partial charge in [0.05, 0.1) is 5.69 Å². The quantitative estimate of drug-likeness (QED) is 0.830. The number of hydrogen-bond acceptors (Lipinski definition) is 4. The molecule has 0 radical (unpaired) electrons. The van der Waals surface area contributed by atoms with Gasteiger partial charge in [0.2, 0.25) is 5.91 Å². The highest BCUT2D eigenvalue weighted by molar-refractivity contribution is 7.98. The van der Waals surface area contributed by atoms with Crippen LogP contribution < -0.4 is 4.90 Å². The Bertz CT molecular complexity index is 668. The lowest BCUT2D eigenvalue weighted by Crippen LogP contribution is -2.22. The molecule has 0 bridgehead atoms. The van der Waals surface area contributed by atoms with Gasteiger partial charge >= 0.3 is 0 Å². The van der Waals surface area contributed by atoms with E-state index in [9.17, 15) is 4.79 Å². The molecule has 22 heavy (non-hydrogen) atoms. The van der Waals surface area contributed by atoms with Gasteiger partial charge in [-0.15, -0.1) is 23.1 Å². The summed E-state index contributed by atoms with van der Waals surface area (Å²) in [5.41, 5.74) is 4.07. The number of nitrogens with zero attached hydrogens (tertiary/aromatic N) is 2. The number of aryl methyl sites for hydroxylation is 1. The minimum Gasteiger partial charge on any atom is -0.292 e. The summed E-state index contributed by atoms with van der Waals surface area (Å²) in [4.78, 5) is 17.6. The molecule has 0 aliphatic heterocycles. The maximum absolute atomic E-state index is 11.4. The van der Waals surface area contributed by atoms with E-state index in [1.165, 1.54) is 41.7 Å². The lowest BCUT2D eigenvalue weighted by atomic mass is 9.91. The molecular weight excluding hydrogens is 312 g/mol. The minimum absolute atomic E-state index is 0.0229.